The number of pyridine rings is 1. The molecule has 3 rings (SSSR count). The summed E-state index contributed by atoms with van der Waals surface area (Å²) in [6, 6.07) is 12.0. The lowest BCUT2D eigenvalue weighted by atomic mass is 9.98. The van der Waals surface area contributed by atoms with Crippen LogP contribution in [0.5, 0.6) is 0 Å². The van der Waals surface area contributed by atoms with Crippen LogP contribution in [0, 0.1) is 12.7 Å². The minimum absolute atomic E-state index is 0.265. The number of aromatic nitrogens is 1. The number of nitrogens with one attached hydrogen (secondary N) is 2. The highest BCUT2D eigenvalue weighted by molar-refractivity contribution is 5.94. The Morgan fingerprint density at radius 1 is 1.17 bits per heavy atom. The summed E-state index contributed by atoms with van der Waals surface area (Å²) in [6.07, 6.45) is 1.74. The Kier molecular flexibility index (Phi) is 4.42. The maximum atomic E-state index is 13.5. The third kappa shape index (κ3) is 3.35. The van der Waals surface area contributed by atoms with Gasteiger partial charge in [-0.25, -0.2) is 14.2 Å². The van der Waals surface area contributed by atoms with Crippen LogP contribution in [0.25, 0.3) is 21.9 Å². The summed E-state index contributed by atoms with van der Waals surface area (Å²) in [5.74, 6) is 0.211. The highest BCUT2D eigenvalue weighted by Gasteiger charge is 2.07. The lowest BCUT2D eigenvalue weighted by molar-refractivity contribution is 0.252. The zero-order valence-corrected chi connectivity index (χ0v) is 13.6. The second-order valence-electron chi connectivity index (χ2n) is 5.58. The van der Waals surface area contributed by atoms with E-state index in [1.165, 1.54) is 12.1 Å². The number of hydrogen-bond donors (Lipinski definition) is 2. The average Bonchev–Trinajstić information content (AvgIpc) is 2.54. The van der Waals surface area contributed by atoms with Gasteiger partial charge in [-0.05, 0) is 60.2 Å². The Bertz CT molecular complexity index is 908. The largest absolute Gasteiger partial charge is 0.338 e. The first-order chi connectivity index (χ1) is 11.6. The van der Waals surface area contributed by atoms with Crippen LogP contribution in [-0.2, 0) is 0 Å². The fourth-order valence-electron chi connectivity index (χ4n) is 2.66. The van der Waals surface area contributed by atoms with Gasteiger partial charge < -0.3 is 5.32 Å². The van der Waals surface area contributed by atoms with Crippen molar-refractivity contribution >= 4 is 22.6 Å². The SMILES string of the molecule is CCNC(=O)Nc1cc2cc(-c3cccc(F)c3)cc(C)c2cn1. The third-order valence-electron chi connectivity index (χ3n) is 3.78. The standard InChI is InChI=1S/C19H18FN3O/c1-3-21-19(24)23-18-10-15-8-14(7-12(2)17(15)11-22-18)13-5-4-6-16(20)9-13/h4-11H,3H2,1-2H3,(H2,21,22,23,24). The lowest BCUT2D eigenvalue weighted by Crippen LogP contribution is -2.28. The average molecular weight is 323 g/mol. The van der Waals surface area contributed by atoms with Crippen LogP contribution in [0.1, 0.15) is 12.5 Å². The highest BCUT2D eigenvalue weighted by atomic mass is 19.1. The second-order valence-corrected chi connectivity index (χ2v) is 5.58. The minimum Gasteiger partial charge on any atom is -0.338 e. The maximum absolute atomic E-state index is 13.5. The number of benzene rings is 2. The van der Waals surface area contributed by atoms with Crippen molar-refractivity contribution in [2.24, 2.45) is 0 Å². The van der Waals surface area contributed by atoms with Crippen LogP contribution in [0.4, 0.5) is 15.0 Å². The molecule has 0 unspecified atom stereocenters. The fourth-order valence-corrected chi connectivity index (χ4v) is 2.66. The summed E-state index contributed by atoms with van der Waals surface area (Å²) >= 11 is 0. The van der Waals surface area contributed by atoms with Gasteiger partial charge in [-0.2, -0.15) is 0 Å². The number of halogens is 1. The van der Waals surface area contributed by atoms with Crippen molar-refractivity contribution in [2.75, 3.05) is 11.9 Å². The molecule has 2 aromatic carbocycles. The molecule has 0 saturated carbocycles. The minimum atomic E-state index is -0.289. The Morgan fingerprint density at radius 3 is 2.75 bits per heavy atom. The first-order valence-electron chi connectivity index (χ1n) is 7.78. The Labute approximate surface area is 139 Å². The number of carbonyl (C=O) groups excluding carboxylic acids is 1. The molecule has 2 amide bonds. The van der Waals surface area contributed by atoms with Crippen LogP contribution in [0.15, 0.2) is 48.7 Å². The van der Waals surface area contributed by atoms with Crippen LogP contribution < -0.4 is 10.6 Å². The molecule has 1 heterocycles. The van der Waals surface area contributed by atoms with E-state index in [9.17, 15) is 9.18 Å². The molecule has 0 aliphatic rings. The van der Waals surface area contributed by atoms with E-state index in [1.54, 1.807) is 12.3 Å². The predicted molar refractivity (Wildman–Crippen MR) is 94.6 cm³/mol. The van der Waals surface area contributed by atoms with Crippen LogP contribution in [0.3, 0.4) is 0 Å². The number of urea groups is 1. The van der Waals surface area contributed by atoms with E-state index in [1.807, 2.05) is 38.1 Å². The quantitative estimate of drug-likeness (QED) is 0.746. The molecule has 4 nitrogen and oxygen atoms in total. The van der Waals surface area contributed by atoms with E-state index in [0.29, 0.717) is 12.4 Å². The van der Waals surface area contributed by atoms with Crippen LogP contribution >= 0.6 is 0 Å². The third-order valence-corrected chi connectivity index (χ3v) is 3.78. The van der Waals surface area contributed by atoms with Gasteiger partial charge >= 0.3 is 6.03 Å². The maximum Gasteiger partial charge on any atom is 0.320 e. The van der Waals surface area contributed by atoms with E-state index in [0.717, 1.165) is 27.5 Å². The summed E-state index contributed by atoms with van der Waals surface area (Å²) < 4.78 is 13.5. The number of carbonyl (C=O) groups is 1. The molecule has 0 spiro atoms. The Hall–Kier alpha value is -2.95. The number of hydrogen-bond acceptors (Lipinski definition) is 2. The molecule has 0 aliphatic carbocycles. The molecule has 5 heteroatoms. The molecule has 0 saturated heterocycles. The molecule has 0 bridgehead atoms. The smallest absolute Gasteiger partial charge is 0.320 e. The molecular weight excluding hydrogens is 305 g/mol. The second kappa shape index (κ2) is 6.66. The number of fused-ring (bicyclic) bond motifs is 1. The molecule has 0 fully saturated rings. The van der Waals surface area contributed by atoms with E-state index in [-0.39, 0.29) is 11.8 Å². The molecular formula is C19H18FN3O. The van der Waals surface area contributed by atoms with E-state index in [2.05, 4.69) is 15.6 Å². The molecule has 0 atom stereocenters. The summed E-state index contributed by atoms with van der Waals surface area (Å²) in [7, 11) is 0. The summed E-state index contributed by atoms with van der Waals surface area (Å²) in [6.45, 7) is 4.38. The topological polar surface area (TPSA) is 54.0 Å². The lowest BCUT2D eigenvalue weighted by Gasteiger charge is -2.10. The van der Waals surface area contributed by atoms with Crippen molar-refractivity contribution in [1.29, 1.82) is 0 Å². The highest BCUT2D eigenvalue weighted by Crippen LogP contribution is 2.28. The van der Waals surface area contributed by atoms with Crippen molar-refractivity contribution in [2.45, 2.75) is 13.8 Å². The monoisotopic (exact) mass is 323 g/mol. The molecule has 0 aliphatic heterocycles. The molecule has 122 valence electrons. The van der Waals surface area contributed by atoms with E-state index >= 15 is 0 Å². The molecule has 1 aromatic heterocycles. The Morgan fingerprint density at radius 2 is 2.00 bits per heavy atom. The van der Waals surface area contributed by atoms with Crippen molar-refractivity contribution < 1.29 is 9.18 Å². The molecule has 0 radical (unpaired) electrons. The van der Waals surface area contributed by atoms with Crippen molar-refractivity contribution in [3.8, 4) is 11.1 Å². The normalized spacial score (nSPS) is 10.6. The number of anilines is 1. The van der Waals surface area contributed by atoms with Crippen molar-refractivity contribution in [3.05, 3.63) is 60.0 Å². The number of aryl methyl sites for hydroxylation is 1. The Balaban J connectivity index is 2.03. The number of nitrogens with zero attached hydrogens (tertiary/aromatic N) is 1. The van der Waals surface area contributed by atoms with Gasteiger partial charge in [0, 0.05) is 18.1 Å². The fraction of sp³-hybridized carbons (Fsp3) is 0.158. The van der Waals surface area contributed by atoms with Crippen LogP contribution in [-0.4, -0.2) is 17.6 Å². The van der Waals surface area contributed by atoms with Crippen molar-refractivity contribution in [3.63, 3.8) is 0 Å². The number of amides is 2. The van der Waals surface area contributed by atoms with Gasteiger partial charge in [0.05, 0.1) is 0 Å². The first-order valence-corrected chi connectivity index (χ1v) is 7.78. The van der Waals surface area contributed by atoms with E-state index < -0.39 is 0 Å². The molecule has 3 aromatic rings. The van der Waals surface area contributed by atoms with Gasteiger partial charge in [-0.1, -0.05) is 18.2 Å². The van der Waals surface area contributed by atoms with Gasteiger partial charge in [0.1, 0.15) is 11.6 Å². The summed E-state index contributed by atoms with van der Waals surface area (Å²) in [4.78, 5) is 15.9. The van der Waals surface area contributed by atoms with Gasteiger partial charge in [0.2, 0.25) is 0 Å². The van der Waals surface area contributed by atoms with Gasteiger partial charge in [-0.15, -0.1) is 0 Å². The van der Waals surface area contributed by atoms with Gasteiger partial charge in [0.25, 0.3) is 0 Å². The van der Waals surface area contributed by atoms with Gasteiger partial charge in [-0.3, -0.25) is 5.32 Å². The predicted octanol–water partition coefficient (Wildman–Crippen LogP) is 4.49. The number of rotatable bonds is 3. The van der Waals surface area contributed by atoms with Gasteiger partial charge in [0.15, 0.2) is 0 Å². The van der Waals surface area contributed by atoms with Crippen molar-refractivity contribution in [1.82, 2.24) is 10.3 Å². The zero-order valence-electron chi connectivity index (χ0n) is 13.6. The van der Waals surface area contributed by atoms with Crippen LogP contribution in [0.2, 0.25) is 0 Å². The zero-order chi connectivity index (χ0) is 17.1. The summed E-state index contributed by atoms with van der Waals surface area (Å²) in [5, 5.41) is 7.30. The summed E-state index contributed by atoms with van der Waals surface area (Å²) in [5.41, 5.74) is 2.79. The molecule has 2 N–H and O–H groups in total. The molecule has 24 heavy (non-hydrogen) atoms. The first kappa shape index (κ1) is 15.9. The van der Waals surface area contributed by atoms with E-state index in [4.69, 9.17) is 0 Å².